The summed E-state index contributed by atoms with van der Waals surface area (Å²) >= 11 is 0. The van der Waals surface area contributed by atoms with E-state index in [1.165, 1.54) is 24.3 Å². The van der Waals surface area contributed by atoms with Gasteiger partial charge in [0.1, 0.15) is 5.84 Å². The van der Waals surface area contributed by atoms with Crippen LogP contribution in [0.25, 0.3) is 0 Å². The van der Waals surface area contributed by atoms with Crippen molar-refractivity contribution in [3.63, 3.8) is 0 Å². The second-order valence-electron chi connectivity index (χ2n) is 4.78. The molecule has 0 saturated carbocycles. The number of rotatable bonds is 1. The summed E-state index contributed by atoms with van der Waals surface area (Å²) in [7, 11) is 0. The van der Waals surface area contributed by atoms with E-state index in [9.17, 15) is 4.79 Å². The summed E-state index contributed by atoms with van der Waals surface area (Å²) in [6.07, 6.45) is 4.14. The Balaban J connectivity index is 1.80. The summed E-state index contributed by atoms with van der Waals surface area (Å²) in [5.74, 6) is 1.00. The van der Waals surface area contributed by atoms with E-state index in [0.717, 1.165) is 24.6 Å². The Morgan fingerprint density at radius 2 is 1.72 bits per heavy atom. The molecule has 2 heterocycles. The predicted octanol–water partition coefficient (Wildman–Crippen LogP) is 2.22. The van der Waals surface area contributed by atoms with Crippen LogP contribution < -0.4 is 5.01 Å². The Hall–Kier alpha value is -1.84. The highest BCUT2D eigenvalue weighted by atomic mass is 16.2. The normalized spacial score (nSPS) is 20.2. The molecular formula is C14H17N3O. The number of carbonyl (C=O) groups is 1. The van der Waals surface area contributed by atoms with Crippen LogP contribution in [0.1, 0.15) is 25.7 Å². The van der Waals surface area contributed by atoms with Crippen molar-refractivity contribution in [3.05, 3.63) is 30.3 Å². The lowest BCUT2D eigenvalue weighted by molar-refractivity contribution is -0.117. The van der Waals surface area contributed by atoms with Gasteiger partial charge in [-0.1, -0.05) is 18.2 Å². The maximum Gasteiger partial charge on any atom is 0.255 e. The molecule has 0 aliphatic carbocycles. The molecule has 0 aromatic heterocycles. The number of carbonyl (C=O) groups excluding carboxylic acids is 1. The largest absolute Gasteiger partial charge is 0.358 e. The molecule has 1 amide bonds. The first kappa shape index (κ1) is 11.3. The fourth-order valence-corrected chi connectivity index (χ4v) is 2.51. The molecule has 0 spiro atoms. The van der Waals surface area contributed by atoms with Crippen molar-refractivity contribution in [2.45, 2.75) is 25.7 Å². The van der Waals surface area contributed by atoms with E-state index in [1.54, 1.807) is 0 Å². The minimum Gasteiger partial charge on any atom is -0.358 e. The van der Waals surface area contributed by atoms with Crippen molar-refractivity contribution in [3.8, 4) is 0 Å². The number of benzene rings is 1. The predicted molar refractivity (Wildman–Crippen MR) is 71.4 cm³/mol. The molecule has 2 aliphatic rings. The second kappa shape index (κ2) is 4.80. The van der Waals surface area contributed by atoms with Gasteiger partial charge in [-0.3, -0.25) is 4.79 Å². The van der Waals surface area contributed by atoms with E-state index in [-0.39, 0.29) is 5.91 Å². The molecule has 4 nitrogen and oxygen atoms in total. The summed E-state index contributed by atoms with van der Waals surface area (Å²) in [6.45, 7) is 2.07. The summed E-state index contributed by atoms with van der Waals surface area (Å²) in [6, 6.07) is 9.63. The lowest BCUT2D eigenvalue weighted by Gasteiger charge is -2.27. The average molecular weight is 243 g/mol. The van der Waals surface area contributed by atoms with Gasteiger partial charge in [-0.2, -0.15) is 10.1 Å². The number of hydrazone groups is 1. The quantitative estimate of drug-likeness (QED) is 0.758. The first-order valence-corrected chi connectivity index (χ1v) is 6.55. The lowest BCUT2D eigenvalue weighted by atomic mass is 10.1. The van der Waals surface area contributed by atoms with Crippen molar-refractivity contribution in [1.29, 1.82) is 0 Å². The minimum atomic E-state index is 0.0711. The maximum absolute atomic E-state index is 12.0. The summed E-state index contributed by atoms with van der Waals surface area (Å²) in [5, 5.41) is 6.02. The number of amides is 1. The molecule has 0 radical (unpaired) electrons. The highest BCUT2D eigenvalue weighted by Gasteiger charge is 2.28. The topological polar surface area (TPSA) is 35.9 Å². The molecule has 0 N–H and O–H groups in total. The van der Waals surface area contributed by atoms with Gasteiger partial charge in [0.15, 0.2) is 0 Å². The van der Waals surface area contributed by atoms with E-state index in [0.29, 0.717) is 6.42 Å². The van der Waals surface area contributed by atoms with Crippen molar-refractivity contribution in [2.24, 2.45) is 5.10 Å². The van der Waals surface area contributed by atoms with Crippen molar-refractivity contribution in [2.75, 3.05) is 18.1 Å². The molecule has 1 fully saturated rings. The van der Waals surface area contributed by atoms with Crippen LogP contribution in [0.3, 0.4) is 0 Å². The SMILES string of the molecule is O=C1CC(N2CCCCC2)=NN1c1ccccc1. The van der Waals surface area contributed by atoms with Gasteiger partial charge in [-0.15, -0.1) is 0 Å². The molecule has 1 saturated heterocycles. The van der Waals surface area contributed by atoms with Gasteiger partial charge >= 0.3 is 0 Å². The number of piperidine rings is 1. The third-order valence-corrected chi connectivity index (χ3v) is 3.48. The molecule has 2 aliphatic heterocycles. The summed E-state index contributed by atoms with van der Waals surface area (Å²) in [4.78, 5) is 14.3. The highest BCUT2D eigenvalue weighted by Crippen LogP contribution is 2.22. The van der Waals surface area contributed by atoms with E-state index in [4.69, 9.17) is 0 Å². The maximum atomic E-state index is 12.0. The van der Waals surface area contributed by atoms with E-state index in [1.807, 2.05) is 30.3 Å². The van der Waals surface area contributed by atoms with E-state index >= 15 is 0 Å². The number of amidine groups is 1. The highest BCUT2D eigenvalue weighted by molar-refractivity contribution is 6.12. The van der Waals surface area contributed by atoms with Crippen LogP contribution >= 0.6 is 0 Å². The zero-order valence-electron chi connectivity index (χ0n) is 10.4. The molecule has 3 rings (SSSR count). The molecule has 4 heteroatoms. The first-order chi connectivity index (χ1) is 8.84. The van der Waals surface area contributed by atoms with Crippen molar-refractivity contribution in [1.82, 2.24) is 4.90 Å². The van der Waals surface area contributed by atoms with Gasteiger partial charge in [0.25, 0.3) is 5.91 Å². The monoisotopic (exact) mass is 243 g/mol. The fourth-order valence-electron chi connectivity index (χ4n) is 2.51. The van der Waals surface area contributed by atoms with Crippen LogP contribution in [-0.4, -0.2) is 29.7 Å². The van der Waals surface area contributed by atoms with Crippen LogP contribution in [0.15, 0.2) is 35.4 Å². The number of nitrogens with zero attached hydrogens (tertiary/aromatic N) is 3. The van der Waals surface area contributed by atoms with Gasteiger partial charge in [-0.05, 0) is 31.4 Å². The Bertz CT molecular complexity index is 463. The lowest BCUT2D eigenvalue weighted by Crippen LogP contribution is -2.34. The molecule has 1 aromatic rings. The molecule has 0 atom stereocenters. The van der Waals surface area contributed by atoms with Gasteiger partial charge < -0.3 is 4.90 Å². The molecule has 0 bridgehead atoms. The van der Waals surface area contributed by atoms with Crippen LogP contribution in [-0.2, 0) is 4.79 Å². The molecule has 18 heavy (non-hydrogen) atoms. The smallest absolute Gasteiger partial charge is 0.255 e. The number of hydrogen-bond donors (Lipinski definition) is 0. The minimum absolute atomic E-state index is 0.0711. The number of hydrogen-bond acceptors (Lipinski definition) is 3. The van der Waals surface area contributed by atoms with Gasteiger partial charge in [-0.25, -0.2) is 0 Å². The molecule has 0 unspecified atom stereocenters. The van der Waals surface area contributed by atoms with E-state index < -0.39 is 0 Å². The number of para-hydroxylation sites is 1. The number of anilines is 1. The Labute approximate surface area is 107 Å². The van der Waals surface area contributed by atoms with Crippen molar-refractivity contribution >= 4 is 17.4 Å². The van der Waals surface area contributed by atoms with Gasteiger partial charge in [0.05, 0.1) is 12.1 Å². The number of likely N-dealkylation sites (tertiary alicyclic amines) is 1. The fraction of sp³-hybridized carbons (Fsp3) is 0.429. The molecular weight excluding hydrogens is 226 g/mol. The second-order valence-corrected chi connectivity index (χ2v) is 4.78. The molecule has 94 valence electrons. The van der Waals surface area contributed by atoms with Gasteiger partial charge in [0.2, 0.25) is 0 Å². The zero-order valence-corrected chi connectivity index (χ0v) is 10.4. The summed E-state index contributed by atoms with van der Waals surface area (Å²) < 4.78 is 0. The van der Waals surface area contributed by atoms with Crippen LogP contribution in [0.5, 0.6) is 0 Å². The average Bonchev–Trinajstić information content (AvgIpc) is 2.83. The van der Waals surface area contributed by atoms with Crippen molar-refractivity contribution < 1.29 is 4.79 Å². The molecule has 1 aromatic carbocycles. The van der Waals surface area contributed by atoms with Gasteiger partial charge in [0, 0.05) is 13.1 Å². The van der Waals surface area contributed by atoms with E-state index in [2.05, 4.69) is 10.0 Å². The zero-order chi connectivity index (χ0) is 12.4. The Morgan fingerprint density at radius 1 is 1.00 bits per heavy atom. The Kier molecular flexibility index (Phi) is 3.00. The standard InChI is InChI=1S/C14H17N3O/c18-14-11-13(16-9-5-2-6-10-16)15-17(14)12-7-3-1-4-8-12/h1,3-4,7-8H,2,5-6,9-11H2. The first-order valence-electron chi connectivity index (χ1n) is 6.55. The Morgan fingerprint density at radius 3 is 2.44 bits per heavy atom. The summed E-state index contributed by atoms with van der Waals surface area (Å²) in [5.41, 5.74) is 0.856. The van der Waals surface area contributed by atoms with Crippen LogP contribution in [0.4, 0.5) is 5.69 Å². The van der Waals surface area contributed by atoms with Crippen LogP contribution in [0.2, 0.25) is 0 Å². The third-order valence-electron chi connectivity index (χ3n) is 3.48. The third kappa shape index (κ3) is 2.10. The van der Waals surface area contributed by atoms with Crippen LogP contribution in [0, 0.1) is 0 Å².